The summed E-state index contributed by atoms with van der Waals surface area (Å²) in [5.41, 5.74) is 2.77. The van der Waals surface area contributed by atoms with Gasteiger partial charge in [0.25, 0.3) is 11.8 Å². The molecule has 1 aliphatic heterocycles. The van der Waals surface area contributed by atoms with Gasteiger partial charge in [-0.05, 0) is 38.5 Å². The molecule has 5 nitrogen and oxygen atoms in total. The summed E-state index contributed by atoms with van der Waals surface area (Å²) in [4.78, 5) is 41.9. The van der Waals surface area contributed by atoms with E-state index in [1.807, 2.05) is 45.0 Å². The number of hydrogen-bond donors (Lipinski definition) is 0. The third kappa shape index (κ3) is 3.50. The number of benzene rings is 2. The summed E-state index contributed by atoms with van der Waals surface area (Å²) in [6.45, 7) is 6.84. The topological polar surface area (TPSA) is 57.7 Å². The van der Waals surface area contributed by atoms with Crippen LogP contribution >= 0.6 is 0 Å². The minimum atomic E-state index is -0.847. The van der Waals surface area contributed by atoms with Gasteiger partial charge in [0, 0.05) is 19.5 Å². The Morgan fingerprint density at radius 2 is 1.44 bits per heavy atom. The summed E-state index contributed by atoms with van der Waals surface area (Å²) in [5.74, 6) is -0.989. The second-order valence-electron chi connectivity index (χ2n) is 6.74. The zero-order chi connectivity index (χ0) is 19.6. The Morgan fingerprint density at radius 3 is 1.93 bits per heavy atom. The van der Waals surface area contributed by atoms with Gasteiger partial charge in [0.2, 0.25) is 5.91 Å². The van der Waals surface area contributed by atoms with Crippen molar-refractivity contribution in [2.75, 3.05) is 13.1 Å². The summed E-state index contributed by atoms with van der Waals surface area (Å²) in [6.07, 6.45) is 0.307. The van der Waals surface area contributed by atoms with Crippen LogP contribution in [0, 0.1) is 6.92 Å². The quantitative estimate of drug-likeness (QED) is 0.740. The highest BCUT2D eigenvalue weighted by atomic mass is 16.2. The van der Waals surface area contributed by atoms with Crippen molar-refractivity contribution >= 4 is 17.7 Å². The first kappa shape index (κ1) is 18.8. The number of carbonyl (C=O) groups is 3. The van der Waals surface area contributed by atoms with Crippen molar-refractivity contribution in [2.24, 2.45) is 0 Å². The van der Waals surface area contributed by atoms with E-state index < -0.39 is 17.9 Å². The predicted octanol–water partition coefficient (Wildman–Crippen LogP) is 3.07. The van der Waals surface area contributed by atoms with E-state index in [-0.39, 0.29) is 5.91 Å². The van der Waals surface area contributed by atoms with Gasteiger partial charge in [-0.15, -0.1) is 0 Å². The molecule has 0 spiro atoms. The summed E-state index contributed by atoms with van der Waals surface area (Å²) >= 11 is 0. The van der Waals surface area contributed by atoms with Gasteiger partial charge in [0.1, 0.15) is 6.04 Å². The van der Waals surface area contributed by atoms with Crippen LogP contribution in [0.2, 0.25) is 0 Å². The van der Waals surface area contributed by atoms with Gasteiger partial charge >= 0.3 is 0 Å². The molecule has 27 heavy (non-hydrogen) atoms. The maximum Gasteiger partial charge on any atom is 0.262 e. The SMILES string of the molecule is CCN(CC)C(=O)C(Cc1ccc(C)cc1)N1C(=O)c2ccccc2C1=O. The van der Waals surface area contributed by atoms with Crippen LogP contribution in [0.25, 0.3) is 0 Å². The monoisotopic (exact) mass is 364 g/mol. The Labute approximate surface area is 159 Å². The fraction of sp³-hybridized carbons (Fsp3) is 0.318. The molecule has 140 valence electrons. The average molecular weight is 364 g/mol. The van der Waals surface area contributed by atoms with Crippen LogP contribution in [-0.4, -0.2) is 46.7 Å². The molecule has 1 atom stereocenters. The minimum Gasteiger partial charge on any atom is -0.341 e. The molecule has 0 fully saturated rings. The van der Waals surface area contributed by atoms with Crippen LogP contribution in [0.4, 0.5) is 0 Å². The zero-order valence-corrected chi connectivity index (χ0v) is 15.9. The smallest absolute Gasteiger partial charge is 0.262 e. The molecule has 3 amide bonds. The number of rotatable bonds is 6. The van der Waals surface area contributed by atoms with Crippen LogP contribution in [0.5, 0.6) is 0 Å². The molecule has 1 heterocycles. The first-order valence-corrected chi connectivity index (χ1v) is 9.29. The Kier molecular flexibility index (Phi) is 5.40. The predicted molar refractivity (Wildman–Crippen MR) is 104 cm³/mol. The van der Waals surface area contributed by atoms with Gasteiger partial charge in [0.15, 0.2) is 0 Å². The fourth-order valence-electron chi connectivity index (χ4n) is 3.47. The molecule has 2 aromatic rings. The molecule has 0 aliphatic carbocycles. The van der Waals surface area contributed by atoms with Crippen molar-refractivity contribution in [3.63, 3.8) is 0 Å². The highest BCUT2D eigenvalue weighted by molar-refractivity contribution is 6.22. The highest BCUT2D eigenvalue weighted by Gasteiger charge is 2.43. The zero-order valence-electron chi connectivity index (χ0n) is 15.9. The molecule has 5 heteroatoms. The van der Waals surface area contributed by atoms with Crippen LogP contribution in [0.15, 0.2) is 48.5 Å². The average Bonchev–Trinajstić information content (AvgIpc) is 2.93. The van der Waals surface area contributed by atoms with E-state index in [4.69, 9.17) is 0 Å². The number of fused-ring (bicyclic) bond motifs is 1. The van der Waals surface area contributed by atoms with Crippen molar-refractivity contribution in [2.45, 2.75) is 33.2 Å². The Hall–Kier alpha value is -2.95. The summed E-state index contributed by atoms with van der Waals surface area (Å²) in [7, 11) is 0. The normalized spacial score (nSPS) is 14.3. The largest absolute Gasteiger partial charge is 0.341 e. The molecule has 0 saturated heterocycles. The molecule has 0 radical (unpaired) electrons. The molecule has 0 N–H and O–H groups in total. The lowest BCUT2D eigenvalue weighted by Crippen LogP contribution is -2.52. The number of likely N-dealkylation sites (N-methyl/N-ethyl adjacent to an activating group) is 1. The number of carbonyl (C=O) groups excluding carboxylic acids is 3. The number of imide groups is 1. The van der Waals surface area contributed by atoms with Gasteiger partial charge in [0.05, 0.1) is 11.1 Å². The van der Waals surface area contributed by atoms with Gasteiger partial charge in [-0.25, -0.2) is 0 Å². The highest BCUT2D eigenvalue weighted by Crippen LogP contribution is 2.27. The molecule has 1 aliphatic rings. The summed E-state index contributed by atoms with van der Waals surface area (Å²) in [6, 6.07) is 13.7. The van der Waals surface area contributed by atoms with E-state index in [9.17, 15) is 14.4 Å². The third-order valence-corrected chi connectivity index (χ3v) is 5.05. The van der Waals surface area contributed by atoms with Gasteiger partial charge in [-0.2, -0.15) is 0 Å². The molecule has 3 rings (SSSR count). The van der Waals surface area contributed by atoms with Gasteiger partial charge < -0.3 is 4.90 Å². The van der Waals surface area contributed by atoms with Crippen molar-refractivity contribution in [3.8, 4) is 0 Å². The molecule has 0 aromatic heterocycles. The Bertz CT molecular complexity index is 834. The lowest BCUT2D eigenvalue weighted by atomic mass is 10.0. The maximum atomic E-state index is 13.2. The van der Waals surface area contributed by atoms with Crippen LogP contribution < -0.4 is 0 Å². The molecular weight excluding hydrogens is 340 g/mol. The van der Waals surface area contributed by atoms with E-state index in [0.717, 1.165) is 16.0 Å². The van der Waals surface area contributed by atoms with E-state index >= 15 is 0 Å². The number of aryl methyl sites for hydroxylation is 1. The van der Waals surface area contributed by atoms with Crippen molar-refractivity contribution in [1.82, 2.24) is 9.80 Å². The fourth-order valence-corrected chi connectivity index (χ4v) is 3.47. The lowest BCUT2D eigenvalue weighted by Gasteiger charge is -2.30. The third-order valence-electron chi connectivity index (χ3n) is 5.05. The van der Waals surface area contributed by atoms with Crippen LogP contribution in [-0.2, 0) is 11.2 Å². The molecular formula is C22H24N2O3. The number of hydrogen-bond acceptors (Lipinski definition) is 3. The molecule has 2 aromatic carbocycles. The summed E-state index contributed by atoms with van der Waals surface area (Å²) < 4.78 is 0. The Morgan fingerprint density at radius 1 is 0.926 bits per heavy atom. The van der Waals surface area contributed by atoms with E-state index in [2.05, 4.69) is 0 Å². The number of nitrogens with zero attached hydrogens (tertiary/aromatic N) is 2. The second kappa shape index (κ2) is 7.74. The maximum absolute atomic E-state index is 13.2. The molecule has 0 bridgehead atoms. The van der Waals surface area contributed by atoms with Gasteiger partial charge in [-0.3, -0.25) is 19.3 Å². The van der Waals surface area contributed by atoms with Gasteiger partial charge in [-0.1, -0.05) is 42.0 Å². The van der Waals surface area contributed by atoms with Crippen molar-refractivity contribution in [1.29, 1.82) is 0 Å². The van der Waals surface area contributed by atoms with Crippen LogP contribution in [0.3, 0.4) is 0 Å². The van der Waals surface area contributed by atoms with E-state index in [1.54, 1.807) is 29.2 Å². The standard InChI is InChI=1S/C22H24N2O3/c1-4-23(5-2)22(27)19(14-16-12-10-15(3)11-13-16)24-20(25)17-8-6-7-9-18(17)21(24)26/h6-13,19H,4-5,14H2,1-3H3. The summed E-state index contributed by atoms with van der Waals surface area (Å²) in [5, 5.41) is 0. The van der Waals surface area contributed by atoms with Crippen molar-refractivity contribution < 1.29 is 14.4 Å². The van der Waals surface area contributed by atoms with Crippen molar-refractivity contribution in [3.05, 3.63) is 70.8 Å². The first-order chi connectivity index (χ1) is 13.0. The van der Waals surface area contributed by atoms with E-state index in [0.29, 0.717) is 30.6 Å². The minimum absolute atomic E-state index is 0.199. The second-order valence-corrected chi connectivity index (χ2v) is 6.74. The molecule has 0 saturated carbocycles. The lowest BCUT2D eigenvalue weighted by molar-refractivity contribution is -0.135. The van der Waals surface area contributed by atoms with E-state index in [1.165, 1.54) is 0 Å². The molecule has 1 unspecified atom stereocenters. The first-order valence-electron chi connectivity index (χ1n) is 9.29. The van der Waals surface area contributed by atoms with Crippen LogP contribution in [0.1, 0.15) is 45.7 Å². The Balaban J connectivity index is 1.99. The number of amides is 3.